The van der Waals surface area contributed by atoms with Crippen LogP contribution in [0.3, 0.4) is 0 Å². The molecule has 4 heteroatoms. The van der Waals surface area contributed by atoms with Crippen LogP contribution >= 0.6 is 11.6 Å². The molecule has 3 N–H and O–H groups in total. The molecule has 0 aliphatic rings. The minimum atomic E-state index is 0.463. The Labute approximate surface area is 93.6 Å². The van der Waals surface area contributed by atoms with E-state index in [1.807, 2.05) is 6.07 Å². The van der Waals surface area contributed by atoms with Crippen LogP contribution in [0.2, 0.25) is 5.15 Å². The number of halogens is 1. The van der Waals surface area contributed by atoms with Crippen LogP contribution in [0.5, 0.6) is 0 Å². The summed E-state index contributed by atoms with van der Waals surface area (Å²) in [4.78, 5) is 0. The smallest absolute Gasteiger partial charge is 0.132 e. The van der Waals surface area contributed by atoms with Crippen molar-refractivity contribution in [2.75, 3.05) is 6.54 Å². The van der Waals surface area contributed by atoms with Gasteiger partial charge in [-0.2, -0.15) is 5.10 Å². The first kappa shape index (κ1) is 10.5. The van der Waals surface area contributed by atoms with E-state index < -0.39 is 0 Å². The van der Waals surface area contributed by atoms with E-state index in [0.29, 0.717) is 17.6 Å². The van der Waals surface area contributed by atoms with Gasteiger partial charge in [-0.15, -0.1) is 0 Å². The van der Waals surface area contributed by atoms with Gasteiger partial charge in [0.1, 0.15) is 5.15 Å². The second-order valence-corrected chi connectivity index (χ2v) is 4.17. The Morgan fingerprint density at radius 3 is 3.07 bits per heavy atom. The minimum absolute atomic E-state index is 0.463. The van der Waals surface area contributed by atoms with E-state index in [1.54, 1.807) is 0 Å². The summed E-state index contributed by atoms with van der Waals surface area (Å²) >= 11 is 5.98. The highest BCUT2D eigenvalue weighted by Gasteiger charge is 2.08. The molecule has 15 heavy (non-hydrogen) atoms. The van der Waals surface area contributed by atoms with Crippen LogP contribution in [0.4, 0.5) is 0 Å². The molecule has 0 fully saturated rings. The summed E-state index contributed by atoms with van der Waals surface area (Å²) in [5.41, 5.74) is 7.71. The zero-order valence-electron chi connectivity index (χ0n) is 8.63. The highest BCUT2D eigenvalue weighted by molar-refractivity contribution is 6.34. The van der Waals surface area contributed by atoms with Crippen LogP contribution in [-0.4, -0.2) is 16.7 Å². The van der Waals surface area contributed by atoms with Crippen LogP contribution in [0.15, 0.2) is 18.2 Å². The fraction of sp³-hybridized carbons (Fsp3) is 0.364. The predicted molar refractivity (Wildman–Crippen MR) is 63.2 cm³/mol. The Bertz CT molecular complexity index is 464. The van der Waals surface area contributed by atoms with Gasteiger partial charge in [0.2, 0.25) is 0 Å². The minimum Gasteiger partial charge on any atom is -0.330 e. The zero-order chi connectivity index (χ0) is 10.8. The molecule has 0 bridgehead atoms. The van der Waals surface area contributed by atoms with Gasteiger partial charge in [-0.25, -0.2) is 0 Å². The van der Waals surface area contributed by atoms with E-state index >= 15 is 0 Å². The van der Waals surface area contributed by atoms with Crippen molar-refractivity contribution in [3.05, 3.63) is 28.9 Å². The molecular weight excluding hydrogens is 210 g/mol. The number of nitrogens with one attached hydrogen (secondary N) is 1. The molecule has 1 aromatic carbocycles. The van der Waals surface area contributed by atoms with Crippen molar-refractivity contribution in [3.63, 3.8) is 0 Å². The van der Waals surface area contributed by atoms with Crippen molar-refractivity contribution in [1.82, 2.24) is 10.2 Å². The van der Waals surface area contributed by atoms with E-state index in [2.05, 4.69) is 29.3 Å². The molecule has 3 nitrogen and oxygen atoms in total. The maximum Gasteiger partial charge on any atom is 0.132 e. The summed E-state index contributed by atoms with van der Waals surface area (Å²) in [6, 6.07) is 6.15. The number of fused-ring (bicyclic) bond motifs is 1. The van der Waals surface area contributed by atoms with Crippen LogP contribution in [0, 0.1) is 0 Å². The van der Waals surface area contributed by atoms with Gasteiger partial charge >= 0.3 is 0 Å². The summed E-state index contributed by atoms with van der Waals surface area (Å²) in [6.07, 6.45) is 0.987. The molecular formula is C11H14ClN3. The molecule has 2 aromatic rings. The first-order chi connectivity index (χ1) is 7.22. The summed E-state index contributed by atoms with van der Waals surface area (Å²) in [5, 5.41) is 8.44. The standard InChI is InChI=1S/C11H14ClN3/c1-7(4-5-13)8-2-3-10-9(6-8)11(12)15-14-10/h2-3,6-7H,4-5,13H2,1H3,(H,14,15). The topological polar surface area (TPSA) is 54.7 Å². The second kappa shape index (κ2) is 4.21. The molecule has 0 saturated carbocycles. The molecule has 1 aromatic heterocycles. The summed E-state index contributed by atoms with van der Waals surface area (Å²) < 4.78 is 0. The molecule has 80 valence electrons. The zero-order valence-corrected chi connectivity index (χ0v) is 9.38. The van der Waals surface area contributed by atoms with E-state index in [9.17, 15) is 0 Å². The summed E-state index contributed by atoms with van der Waals surface area (Å²) in [6.45, 7) is 2.88. The lowest BCUT2D eigenvalue weighted by molar-refractivity contribution is 0.691. The predicted octanol–water partition coefficient (Wildman–Crippen LogP) is 2.67. The number of H-pyrrole nitrogens is 1. The van der Waals surface area contributed by atoms with E-state index in [0.717, 1.165) is 17.3 Å². The third-order valence-electron chi connectivity index (χ3n) is 2.70. The van der Waals surface area contributed by atoms with Crippen molar-refractivity contribution >= 4 is 22.5 Å². The van der Waals surface area contributed by atoms with Crippen molar-refractivity contribution < 1.29 is 0 Å². The maximum atomic E-state index is 5.98. The number of nitrogens with zero attached hydrogens (tertiary/aromatic N) is 1. The van der Waals surface area contributed by atoms with Gasteiger partial charge in [0.25, 0.3) is 0 Å². The molecule has 0 spiro atoms. The molecule has 1 heterocycles. The molecule has 0 aliphatic heterocycles. The van der Waals surface area contributed by atoms with E-state index in [1.165, 1.54) is 5.56 Å². The lowest BCUT2D eigenvalue weighted by Crippen LogP contribution is -2.04. The lowest BCUT2D eigenvalue weighted by Gasteiger charge is -2.09. The lowest BCUT2D eigenvalue weighted by atomic mass is 9.97. The van der Waals surface area contributed by atoms with Crippen LogP contribution in [0.1, 0.15) is 24.8 Å². The number of aromatic nitrogens is 2. The molecule has 0 saturated heterocycles. The average molecular weight is 224 g/mol. The second-order valence-electron chi connectivity index (χ2n) is 3.79. The monoisotopic (exact) mass is 223 g/mol. The van der Waals surface area contributed by atoms with E-state index in [-0.39, 0.29) is 0 Å². The average Bonchev–Trinajstić information content (AvgIpc) is 2.60. The molecule has 2 rings (SSSR count). The van der Waals surface area contributed by atoms with Gasteiger partial charge in [0.15, 0.2) is 0 Å². The van der Waals surface area contributed by atoms with Crippen LogP contribution in [0.25, 0.3) is 10.9 Å². The van der Waals surface area contributed by atoms with Crippen LogP contribution < -0.4 is 5.73 Å². The molecule has 1 unspecified atom stereocenters. The number of hydrogen-bond donors (Lipinski definition) is 2. The fourth-order valence-corrected chi connectivity index (χ4v) is 1.91. The van der Waals surface area contributed by atoms with Gasteiger partial charge < -0.3 is 5.73 Å². The SMILES string of the molecule is CC(CCN)c1ccc2n[nH]c(Cl)c2c1. The Morgan fingerprint density at radius 2 is 2.33 bits per heavy atom. The Balaban J connectivity index is 2.41. The quantitative estimate of drug-likeness (QED) is 0.841. The Hall–Kier alpha value is -1.06. The van der Waals surface area contributed by atoms with Gasteiger partial charge in [0, 0.05) is 5.39 Å². The van der Waals surface area contributed by atoms with Crippen molar-refractivity contribution in [1.29, 1.82) is 0 Å². The number of nitrogens with two attached hydrogens (primary N) is 1. The largest absolute Gasteiger partial charge is 0.330 e. The van der Waals surface area contributed by atoms with Crippen molar-refractivity contribution in [2.45, 2.75) is 19.3 Å². The number of aromatic amines is 1. The Kier molecular flexibility index (Phi) is 2.93. The van der Waals surface area contributed by atoms with Gasteiger partial charge in [-0.05, 0) is 36.6 Å². The van der Waals surface area contributed by atoms with Crippen LogP contribution in [-0.2, 0) is 0 Å². The maximum absolute atomic E-state index is 5.98. The van der Waals surface area contributed by atoms with Gasteiger partial charge in [-0.1, -0.05) is 24.6 Å². The van der Waals surface area contributed by atoms with Gasteiger partial charge in [0.05, 0.1) is 5.52 Å². The first-order valence-corrected chi connectivity index (χ1v) is 5.43. The van der Waals surface area contributed by atoms with E-state index in [4.69, 9.17) is 17.3 Å². The fourth-order valence-electron chi connectivity index (χ4n) is 1.72. The number of hydrogen-bond acceptors (Lipinski definition) is 2. The molecule has 0 radical (unpaired) electrons. The third-order valence-corrected chi connectivity index (χ3v) is 2.99. The highest BCUT2D eigenvalue weighted by Crippen LogP contribution is 2.26. The number of benzene rings is 1. The normalized spacial score (nSPS) is 13.3. The highest BCUT2D eigenvalue weighted by atomic mass is 35.5. The van der Waals surface area contributed by atoms with Crippen molar-refractivity contribution in [2.24, 2.45) is 5.73 Å². The molecule has 1 atom stereocenters. The molecule has 0 amide bonds. The van der Waals surface area contributed by atoms with Crippen molar-refractivity contribution in [3.8, 4) is 0 Å². The summed E-state index contributed by atoms with van der Waals surface area (Å²) in [7, 11) is 0. The molecule has 0 aliphatic carbocycles. The number of rotatable bonds is 3. The van der Waals surface area contributed by atoms with Gasteiger partial charge in [-0.3, -0.25) is 5.10 Å². The first-order valence-electron chi connectivity index (χ1n) is 5.06. The summed E-state index contributed by atoms with van der Waals surface area (Å²) in [5.74, 6) is 0.463. The third kappa shape index (κ3) is 1.98. The Morgan fingerprint density at radius 1 is 1.53 bits per heavy atom.